The Morgan fingerprint density at radius 2 is 2.20 bits per heavy atom. The molecule has 1 rings (SSSR count). The molecule has 0 atom stereocenters. The van der Waals surface area contributed by atoms with Crippen LogP contribution in [0.4, 0.5) is 9.93 Å². The van der Waals surface area contributed by atoms with E-state index >= 15 is 0 Å². The van der Waals surface area contributed by atoms with Gasteiger partial charge >= 0.3 is 6.09 Å². The Morgan fingerprint density at radius 1 is 1.60 bits per heavy atom. The molecular weight excluding hydrogens is 304 g/mol. The molecule has 4 nitrogen and oxygen atoms in total. The molecule has 1 N–H and O–H groups in total. The van der Waals surface area contributed by atoms with Crippen LogP contribution in [-0.2, 0) is 4.74 Å². The van der Waals surface area contributed by atoms with E-state index in [1.54, 1.807) is 20.8 Å². The molecule has 0 fully saturated rings. The number of hydrogen-bond acceptors (Lipinski definition) is 4. The van der Waals surface area contributed by atoms with Gasteiger partial charge in [-0.05, 0) is 36.7 Å². The molecule has 0 spiro atoms. The van der Waals surface area contributed by atoms with Crippen LogP contribution < -0.4 is 5.32 Å². The van der Waals surface area contributed by atoms with E-state index in [-0.39, 0.29) is 0 Å². The summed E-state index contributed by atoms with van der Waals surface area (Å²) >= 11 is 10.1. The van der Waals surface area contributed by atoms with E-state index in [9.17, 15) is 4.79 Å². The average molecular weight is 314 g/mol. The fraction of sp³-hybridized carbons (Fsp3) is 0.500. The molecule has 7 heteroatoms. The van der Waals surface area contributed by atoms with Gasteiger partial charge in [0.25, 0.3) is 0 Å². The summed E-state index contributed by atoms with van der Waals surface area (Å²) in [5.74, 6) is 0. The van der Waals surface area contributed by atoms with Crippen LogP contribution in [0.5, 0.6) is 0 Å². The normalized spacial score (nSPS) is 11.3. The molecule has 0 saturated carbocycles. The number of hydrogen-bond donors (Lipinski definition) is 1. The molecule has 1 amide bonds. The highest BCUT2D eigenvalue weighted by molar-refractivity contribution is 9.10. The Balaban J connectivity index is 2.59. The minimum Gasteiger partial charge on any atom is -0.444 e. The number of thiazole rings is 1. The molecule has 0 radical (unpaired) electrons. The molecule has 0 aliphatic heterocycles. The maximum absolute atomic E-state index is 11.3. The second-order valence-corrected chi connectivity index (χ2v) is 6.06. The van der Waals surface area contributed by atoms with Crippen molar-refractivity contribution >= 4 is 50.1 Å². The lowest BCUT2D eigenvalue weighted by atomic mass is 10.2. The van der Waals surface area contributed by atoms with Crippen molar-refractivity contribution in [2.45, 2.75) is 26.4 Å². The first-order chi connectivity index (χ1) is 6.78. The number of halogens is 2. The van der Waals surface area contributed by atoms with Gasteiger partial charge in [-0.2, -0.15) is 0 Å². The predicted octanol–water partition coefficient (Wildman–Crippen LogP) is 3.91. The minimum atomic E-state index is -0.541. The number of nitrogens with zero attached hydrogens (tertiary/aromatic N) is 1. The number of rotatable bonds is 1. The van der Waals surface area contributed by atoms with Crippen LogP contribution in [0.2, 0.25) is 4.34 Å². The van der Waals surface area contributed by atoms with Crippen molar-refractivity contribution in [2.75, 3.05) is 5.32 Å². The van der Waals surface area contributed by atoms with Crippen molar-refractivity contribution < 1.29 is 9.53 Å². The Labute approximate surface area is 105 Å². The lowest BCUT2D eigenvalue weighted by molar-refractivity contribution is 0.0636. The summed E-state index contributed by atoms with van der Waals surface area (Å²) < 4.78 is 6.05. The highest BCUT2D eigenvalue weighted by Crippen LogP contribution is 2.31. The minimum absolute atomic E-state index is 0.404. The first-order valence-electron chi connectivity index (χ1n) is 4.10. The SMILES string of the molecule is CC(C)(C)OC(=O)Nc1nc(Br)c(Cl)s1. The summed E-state index contributed by atoms with van der Waals surface area (Å²) in [7, 11) is 0. The Hall–Kier alpha value is -0.330. The first-order valence-corrected chi connectivity index (χ1v) is 6.08. The molecule has 15 heavy (non-hydrogen) atoms. The van der Waals surface area contributed by atoms with E-state index in [4.69, 9.17) is 16.3 Å². The number of ether oxygens (including phenoxy) is 1. The third-order valence-electron chi connectivity index (χ3n) is 1.16. The van der Waals surface area contributed by atoms with Crippen molar-refractivity contribution in [1.29, 1.82) is 0 Å². The Morgan fingerprint density at radius 3 is 2.60 bits per heavy atom. The van der Waals surface area contributed by atoms with Gasteiger partial charge in [-0.3, -0.25) is 5.32 Å². The average Bonchev–Trinajstić information content (AvgIpc) is 2.26. The van der Waals surface area contributed by atoms with Crippen LogP contribution in [0.1, 0.15) is 20.8 Å². The second kappa shape index (κ2) is 4.67. The quantitative estimate of drug-likeness (QED) is 0.855. The largest absolute Gasteiger partial charge is 0.444 e. The van der Waals surface area contributed by atoms with E-state index < -0.39 is 11.7 Å². The first kappa shape index (κ1) is 12.7. The van der Waals surface area contributed by atoms with Gasteiger partial charge in [0.15, 0.2) is 5.13 Å². The van der Waals surface area contributed by atoms with E-state index in [0.29, 0.717) is 14.1 Å². The maximum atomic E-state index is 11.3. The zero-order chi connectivity index (χ0) is 11.6. The van der Waals surface area contributed by atoms with Gasteiger partial charge in [-0.15, -0.1) is 0 Å². The fourth-order valence-electron chi connectivity index (χ4n) is 0.727. The molecular formula is C8H10BrClN2O2S. The van der Waals surface area contributed by atoms with Crippen LogP contribution in [0, 0.1) is 0 Å². The van der Waals surface area contributed by atoms with Crippen LogP contribution in [0.25, 0.3) is 0 Å². The summed E-state index contributed by atoms with van der Waals surface area (Å²) in [6.07, 6.45) is -0.541. The van der Waals surface area contributed by atoms with Gasteiger partial charge in [0, 0.05) is 0 Å². The van der Waals surface area contributed by atoms with Gasteiger partial charge < -0.3 is 4.74 Å². The maximum Gasteiger partial charge on any atom is 0.413 e. The Bertz CT molecular complexity index is 356. The zero-order valence-corrected chi connectivity index (χ0v) is 11.6. The fourth-order valence-corrected chi connectivity index (χ4v) is 2.10. The van der Waals surface area contributed by atoms with Crippen molar-refractivity contribution in [1.82, 2.24) is 4.98 Å². The summed E-state index contributed by atoms with van der Waals surface area (Å²) in [4.78, 5) is 15.3. The number of anilines is 1. The molecule has 0 aliphatic rings. The lowest BCUT2D eigenvalue weighted by Gasteiger charge is -2.18. The van der Waals surface area contributed by atoms with E-state index in [1.807, 2.05) is 0 Å². The molecule has 0 aliphatic carbocycles. The highest BCUT2D eigenvalue weighted by Gasteiger charge is 2.17. The van der Waals surface area contributed by atoms with Crippen LogP contribution in [0.3, 0.4) is 0 Å². The van der Waals surface area contributed by atoms with Gasteiger partial charge in [0.05, 0.1) is 0 Å². The lowest BCUT2D eigenvalue weighted by Crippen LogP contribution is -2.27. The monoisotopic (exact) mass is 312 g/mol. The summed E-state index contributed by atoms with van der Waals surface area (Å²) in [6.45, 7) is 5.37. The van der Waals surface area contributed by atoms with E-state index in [2.05, 4.69) is 26.2 Å². The van der Waals surface area contributed by atoms with E-state index in [0.717, 1.165) is 11.3 Å². The summed E-state index contributed by atoms with van der Waals surface area (Å²) in [5.41, 5.74) is -0.525. The van der Waals surface area contributed by atoms with Crippen LogP contribution in [0.15, 0.2) is 4.60 Å². The predicted molar refractivity (Wildman–Crippen MR) is 64.7 cm³/mol. The number of nitrogens with one attached hydrogen (secondary N) is 1. The number of carbonyl (C=O) groups excluding carboxylic acids is 1. The molecule has 1 aromatic heterocycles. The number of amides is 1. The summed E-state index contributed by atoms with van der Waals surface area (Å²) in [5, 5.41) is 2.90. The smallest absolute Gasteiger partial charge is 0.413 e. The third-order valence-corrected chi connectivity index (χ3v) is 3.39. The van der Waals surface area contributed by atoms with Gasteiger partial charge in [-0.1, -0.05) is 22.9 Å². The van der Waals surface area contributed by atoms with E-state index in [1.165, 1.54) is 0 Å². The molecule has 0 bridgehead atoms. The molecule has 0 aromatic carbocycles. The van der Waals surface area contributed by atoms with Gasteiger partial charge in [0.1, 0.15) is 14.5 Å². The number of carbonyl (C=O) groups is 1. The van der Waals surface area contributed by atoms with Crippen LogP contribution in [-0.4, -0.2) is 16.7 Å². The second-order valence-electron chi connectivity index (χ2n) is 3.71. The van der Waals surface area contributed by atoms with Crippen molar-refractivity contribution in [3.05, 3.63) is 8.94 Å². The van der Waals surface area contributed by atoms with Crippen molar-refractivity contribution in [3.8, 4) is 0 Å². The highest BCUT2D eigenvalue weighted by atomic mass is 79.9. The molecule has 1 aromatic rings. The Kier molecular flexibility index (Phi) is 3.97. The van der Waals surface area contributed by atoms with Gasteiger partial charge in [-0.25, -0.2) is 9.78 Å². The molecule has 0 saturated heterocycles. The number of aromatic nitrogens is 1. The van der Waals surface area contributed by atoms with Crippen molar-refractivity contribution in [3.63, 3.8) is 0 Å². The topological polar surface area (TPSA) is 51.2 Å². The summed E-state index contributed by atoms with van der Waals surface area (Å²) in [6, 6.07) is 0. The molecule has 84 valence electrons. The standard InChI is InChI=1S/C8H10BrClN2O2S/c1-8(2,3)14-7(13)12-6-11-4(9)5(10)15-6/h1-3H3,(H,11,12,13). The van der Waals surface area contributed by atoms with Crippen LogP contribution >= 0.6 is 38.9 Å². The zero-order valence-electron chi connectivity index (χ0n) is 8.43. The molecule has 1 heterocycles. The van der Waals surface area contributed by atoms with Gasteiger partial charge in [0.2, 0.25) is 0 Å². The van der Waals surface area contributed by atoms with Crippen molar-refractivity contribution in [2.24, 2.45) is 0 Å². The molecule has 0 unspecified atom stereocenters. The third kappa shape index (κ3) is 4.36.